The van der Waals surface area contributed by atoms with Crippen molar-refractivity contribution >= 4 is 0 Å². The lowest BCUT2D eigenvalue weighted by molar-refractivity contribution is -0.137. The molecule has 1 aliphatic rings. The smallest absolute Gasteiger partial charge is 0.314 e. The third-order valence-electron chi connectivity index (χ3n) is 3.31. The molecular formula is C15H19F3N2. The Labute approximate surface area is 118 Å². The summed E-state index contributed by atoms with van der Waals surface area (Å²) in [5.41, 5.74) is 0.344. The number of terminal acetylenes is 1. The standard InChI is InChI=1S/C13H17F3N2.C2H2/c1-10-8-17-6-7-18(10)9-11-2-4-12(5-3-11)13(14,15)16;1-2/h2-5,10,17H,6-9H2,1H3;1-2H/t10-;/m0./s1. The van der Waals surface area contributed by atoms with Crippen molar-refractivity contribution in [2.75, 3.05) is 19.6 Å². The van der Waals surface area contributed by atoms with Crippen molar-refractivity contribution in [3.63, 3.8) is 0 Å². The molecule has 0 unspecified atom stereocenters. The maximum atomic E-state index is 12.4. The number of rotatable bonds is 2. The minimum absolute atomic E-state index is 0.418. The summed E-state index contributed by atoms with van der Waals surface area (Å²) in [4.78, 5) is 2.28. The second-order valence-corrected chi connectivity index (χ2v) is 4.72. The fraction of sp³-hybridized carbons (Fsp3) is 0.467. The molecule has 0 aliphatic carbocycles. The van der Waals surface area contributed by atoms with Crippen LogP contribution in [0.1, 0.15) is 18.1 Å². The predicted molar refractivity (Wildman–Crippen MR) is 74.1 cm³/mol. The van der Waals surface area contributed by atoms with Crippen LogP contribution in [0.15, 0.2) is 24.3 Å². The summed E-state index contributed by atoms with van der Waals surface area (Å²) in [5.74, 6) is 0. The molecule has 0 bridgehead atoms. The van der Waals surface area contributed by atoms with E-state index in [1.807, 2.05) is 0 Å². The van der Waals surface area contributed by atoms with Gasteiger partial charge in [-0.25, -0.2) is 0 Å². The van der Waals surface area contributed by atoms with Crippen molar-refractivity contribution < 1.29 is 13.2 Å². The molecule has 0 saturated carbocycles. The van der Waals surface area contributed by atoms with E-state index in [1.165, 1.54) is 0 Å². The molecule has 1 fully saturated rings. The molecule has 2 rings (SSSR count). The zero-order valence-corrected chi connectivity index (χ0v) is 11.5. The highest BCUT2D eigenvalue weighted by atomic mass is 19.4. The van der Waals surface area contributed by atoms with Crippen LogP contribution in [0.25, 0.3) is 0 Å². The fourth-order valence-electron chi connectivity index (χ4n) is 2.15. The first kappa shape index (κ1) is 16.5. The van der Waals surface area contributed by atoms with E-state index >= 15 is 0 Å². The zero-order chi connectivity index (χ0) is 15.2. The van der Waals surface area contributed by atoms with Crippen LogP contribution in [0.5, 0.6) is 0 Å². The number of halogens is 3. The Morgan fingerprint density at radius 3 is 2.35 bits per heavy atom. The summed E-state index contributed by atoms with van der Waals surface area (Å²) in [7, 11) is 0. The molecule has 1 heterocycles. The molecule has 1 saturated heterocycles. The Balaban J connectivity index is 0.000000956. The number of hydrogen-bond acceptors (Lipinski definition) is 2. The molecule has 1 aromatic carbocycles. The number of alkyl halides is 3. The van der Waals surface area contributed by atoms with Crippen molar-refractivity contribution in [3.05, 3.63) is 35.4 Å². The van der Waals surface area contributed by atoms with Gasteiger partial charge in [0.25, 0.3) is 0 Å². The normalized spacial score (nSPS) is 20.0. The quantitative estimate of drug-likeness (QED) is 0.840. The van der Waals surface area contributed by atoms with Crippen molar-refractivity contribution in [1.82, 2.24) is 10.2 Å². The molecule has 1 atom stereocenters. The maximum Gasteiger partial charge on any atom is 0.416 e. The molecule has 0 spiro atoms. The second kappa shape index (κ2) is 7.32. The molecule has 20 heavy (non-hydrogen) atoms. The average molecular weight is 284 g/mol. The molecule has 0 radical (unpaired) electrons. The molecular weight excluding hydrogens is 265 g/mol. The van der Waals surface area contributed by atoms with Crippen LogP contribution in [0.3, 0.4) is 0 Å². The summed E-state index contributed by atoms with van der Waals surface area (Å²) >= 11 is 0. The highest BCUT2D eigenvalue weighted by molar-refractivity contribution is 5.24. The Hall–Kier alpha value is -1.51. The van der Waals surface area contributed by atoms with Crippen molar-refractivity contribution in [3.8, 4) is 12.8 Å². The van der Waals surface area contributed by atoms with Gasteiger partial charge in [-0.1, -0.05) is 12.1 Å². The topological polar surface area (TPSA) is 15.3 Å². The molecule has 2 nitrogen and oxygen atoms in total. The van der Waals surface area contributed by atoms with Gasteiger partial charge in [0.2, 0.25) is 0 Å². The monoisotopic (exact) mass is 284 g/mol. The van der Waals surface area contributed by atoms with E-state index in [4.69, 9.17) is 0 Å². The summed E-state index contributed by atoms with van der Waals surface area (Å²) in [6.45, 7) is 5.63. The van der Waals surface area contributed by atoms with E-state index in [1.54, 1.807) is 12.1 Å². The first-order valence-corrected chi connectivity index (χ1v) is 6.41. The van der Waals surface area contributed by atoms with Crippen LogP contribution >= 0.6 is 0 Å². The third kappa shape index (κ3) is 4.55. The minimum Gasteiger partial charge on any atom is -0.314 e. The van der Waals surface area contributed by atoms with E-state index in [0.717, 1.165) is 37.3 Å². The van der Waals surface area contributed by atoms with Crippen LogP contribution < -0.4 is 5.32 Å². The molecule has 5 heteroatoms. The fourth-order valence-corrected chi connectivity index (χ4v) is 2.15. The van der Waals surface area contributed by atoms with Gasteiger partial charge in [0.1, 0.15) is 0 Å². The summed E-state index contributed by atoms with van der Waals surface area (Å²) < 4.78 is 37.3. The van der Waals surface area contributed by atoms with E-state index in [-0.39, 0.29) is 0 Å². The van der Waals surface area contributed by atoms with Crippen molar-refractivity contribution in [2.45, 2.75) is 25.7 Å². The van der Waals surface area contributed by atoms with Gasteiger partial charge in [0, 0.05) is 32.2 Å². The van der Waals surface area contributed by atoms with E-state index in [0.29, 0.717) is 12.6 Å². The van der Waals surface area contributed by atoms with Crippen molar-refractivity contribution in [2.24, 2.45) is 0 Å². The summed E-state index contributed by atoms with van der Waals surface area (Å²) in [5, 5.41) is 3.29. The van der Waals surface area contributed by atoms with E-state index < -0.39 is 11.7 Å². The van der Waals surface area contributed by atoms with Crippen LogP contribution in [-0.2, 0) is 12.7 Å². The van der Waals surface area contributed by atoms with E-state index in [2.05, 4.69) is 30.0 Å². The Morgan fingerprint density at radius 1 is 1.25 bits per heavy atom. The summed E-state index contributed by atoms with van der Waals surface area (Å²) in [6.07, 6.45) is 3.75. The molecule has 1 aliphatic heterocycles. The Bertz CT molecular complexity index is 423. The Morgan fingerprint density at radius 2 is 1.85 bits per heavy atom. The summed E-state index contributed by atoms with van der Waals surface area (Å²) in [6, 6.07) is 5.86. The van der Waals surface area contributed by atoms with Crippen LogP contribution in [-0.4, -0.2) is 30.6 Å². The highest BCUT2D eigenvalue weighted by Gasteiger charge is 2.30. The lowest BCUT2D eigenvalue weighted by atomic mass is 10.1. The molecule has 0 amide bonds. The van der Waals surface area contributed by atoms with Gasteiger partial charge in [-0.05, 0) is 24.6 Å². The average Bonchev–Trinajstić information content (AvgIpc) is 2.43. The van der Waals surface area contributed by atoms with Crippen LogP contribution in [0.2, 0.25) is 0 Å². The van der Waals surface area contributed by atoms with Gasteiger partial charge >= 0.3 is 6.18 Å². The van der Waals surface area contributed by atoms with Gasteiger partial charge in [0.15, 0.2) is 0 Å². The first-order chi connectivity index (χ1) is 9.47. The number of nitrogens with one attached hydrogen (secondary N) is 1. The molecule has 110 valence electrons. The minimum atomic E-state index is -4.25. The lowest BCUT2D eigenvalue weighted by Gasteiger charge is -2.33. The number of nitrogens with zero attached hydrogens (tertiary/aromatic N) is 1. The zero-order valence-electron chi connectivity index (χ0n) is 11.5. The second-order valence-electron chi connectivity index (χ2n) is 4.72. The molecule has 1 N–H and O–H groups in total. The predicted octanol–water partition coefficient (Wildman–Crippen LogP) is 2.75. The molecule has 1 aromatic rings. The van der Waals surface area contributed by atoms with E-state index in [9.17, 15) is 13.2 Å². The third-order valence-corrected chi connectivity index (χ3v) is 3.31. The van der Waals surface area contributed by atoms with Gasteiger partial charge in [0.05, 0.1) is 5.56 Å². The number of piperazine rings is 1. The van der Waals surface area contributed by atoms with Gasteiger partial charge in [-0.15, -0.1) is 12.8 Å². The van der Waals surface area contributed by atoms with Crippen LogP contribution in [0.4, 0.5) is 13.2 Å². The maximum absolute atomic E-state index is 12.4. The highest BCUT2D eigenvalue weighted by Crippen LogP contribution is 2.29. The van der Waals surface area contributed by atoms with Crippen molar-refractivity contribution in [1.29, 1.82) is 0 Å². The lowest BCUT2D eigenvalue weighted by Crippen LogP contribution is -2.49. The number of hydrogen-bond donors (Lipinski definition) is 1. The molecule has 0 aromatic heterocycles. The van der Waals surface area contributed by atoms with Gasteiger partial charge < -0.3 is 5.32 Å². The Kier molecular flexibility index (Phi) is 6.05. The SMILES string of the molecule is C#C.C[C@H]1CNCCN1Cc1ccc(C(F)(F)F)cc1. The first-order valence-electron chi connectivity index (χ1n) is 6.41. The van der Waals surface area contributed by atoms with Crippen LogP contribution in [0, 0.1) is 12.8 Å². The number of benzene rings is 1. The largest absolute Gasteiger partial charge is 0.416 e. The van der Waals surface area contributed by atoms with Gasteiger partial charge in [-0.2, -0.15) is 13.2 Å². The van der Waals surface area contributed by atoms with Gasteiger partial charge in [-0.3, -0.25) is 4.90 Å².